The summed E-state index contributed by atoms with van der Waals surface area (Å²) in [4.78, 5) is 11.0. The highest BCUT2D eigenvalue weighted by atomic mass is 16.1. The van der Waals surface area contributed by atoms with Gasteiger partial charge in [0.05, 0.1) is 0 Å². The van der Waals surface area contributed by atoms with Gasteiger partial charge in [0.1, 0.15) is 0 Å². The molecule has 70 valence electrons. The summed E-state index contributed by atoms with van der Waals surface area (Å²) in [7, 11) is 0. The summed E-state index contributed by atoms with van der Waals surface area (Å²) < 4.78 is 0. The molecule has 12 heavy (non-hydrogen) atoms. The third kappa shape index (κ3) is 2.21. The van der Waals surface area contributed by atoms with Gasteiger partial charge in [-0.15, -0.1) is 0 Å². The first-order valence-electron chi connectivity index (χ1n) is 4.75. The molecule has 0 radical (unpaired) electrons. The fourth-order valence-corrected chi connectivity index (χ4v) is 1.99. The number of carbonyl (C=O) groups is 1. The zero-order chi connectivity index (χ0) is 8.97. The monoisotopic (exact) mass is 170 g/mol. The van der Waals surface area contributed by atoms with Crippen LogP contribution in [-0.2, 0) is 4.79 Å². The van der Waals surface area contributed by atoms with E-state index in [4.69, 9.17) is 5.73 Å². The summed E-state index contributed by atoms with van der Waals surface area (Å²) in [5.41, 5.74) is 5.31. The van der Waals surface area contributed by atoms with Crippen LogP contribution in [0.25, 0.3) is 0 Å². The summed E-state index contributed by atoms with van der Waals surface area (Å²) >= 11 is 0. The summed E-state index contributed by atoms with van der Waals surface area (Å²) in [6.45, 7) is 4.08. The Balaban J connectivity index is 2.46. The highest BCUT2D eigenvalue weighted by Gasteiger charge is 2.25. The molecule has 0 spiro atoms. The minimum Gasteiger partial charge on any atom is -0.369 e. The van der Waals surface area contributed by atoms with Crippen LogP contribution >= 0.6 is 0 Å². The molecule has 1 heterocycles. The van der Waals surface area contributed by atoms with Crippen LogP contribution in [-0.4, -0.2) is 19.0 Å². The Labute approximate surface area is 73.7 Å². The predicted molar refractivity (Wildman–Crippen MR) is 48.6 cm³/mol. The van der Waals surface area contributed by atoms with E-state index in [1.165, 1.54) is 6.42 Å². The van der Waals surface area contributed by atoms with E-state index in [0.717, 1.165) is 25.9 Å². The van der Waals surface area contributed by atoms with Gasteiger partial charge in [0.2, 0.25) is 5.91 Å². The molecule has 1 fully saturated rings. The number of rotatable bonds is 3. The van der Waals surface area contributed by atoms with Crippen molar-refractivity contribution in [2.75, 3.05) is 13.1 Å². The molecule has 0 aromatic carbocycles. The van der Waals surface area contributed by atoms with Gasteiger partial charge in [-0.1, -0.05) is 6.92 Å². The minimum atomic E-state index is -0.133. The maximum absolute atomic E-state index is 11.0. The third-order valence-corrected chi connectivity index (χ3v) is 2.71. The molecule has 0 aromatic rings. The van der Waals surface area contributed by atoms with E-state index in [1.807, 2.05) is 6.92 Å². The van der Waals surface area contributed by atoms with E-state index >= 15 is 0 Å². The van der Waals surface area contributed by atoms with Crippen molar-refractivity contribution in [2.45, 2.75) is 26.2 Å². The summed E-state index contributed by atoms with van der Waals surface area (Å²) in [5, 5.41) is 3.30. The van der Waals surface area contributed by atoms with Crippen LogP contribution in [0.4, 0.5) is 0 Å². The van der Waals surface area contributed by atoms with Gasteiger partial charge in [-0.25, -0.2) is 0 Å². The largest absolute Gasteiger partial charge is 0.369 e. The van der Waals surface area contributed by atoms with Crippen LogP contribution in [0.15, 0.2) is 0 Å². The van der Waals surface area contributed by atoms with E-state index in [-0.39, 0.29) is 11.8 Å². The second-order valence-corrected chi connectivity index (χ2v) is 3.52. The first kappa shape index (κ1) is 9.52. The Hall–Kier alpha value is -0.570. The Kier molecular flexibility index (Phi) is 3.53. The van der Waals surface area contributed by atoms with Crippen molar-refractivity contribution in [1.29, 1.82) is 0 Å². The van der Waals surface area contributed by atoms with Gasteiger partial charge >= 0.3 is 0 Å². The third-order valence-electron chi connectivity index (χ3n) is 2.71. The molecule has 2 unspecified atom stereocenters. The van der Waals surface area contributed by atoms with E-state index in [1.54, 1.807) is 0 Å². The molecule has 1 rings (SSSR count). The standard InChI is InChI=1S/C9H18N2O/c1-2-8(9(10)12)7-4-3-5-11-6-7/h7-8,11H,2-6H2,1H3,(H2,10,12). The van der Waals surface area contributed by atoms with Crippen LogP contribution in [0.3, 0.4) is 0 Å². The molecule has 1 aliphatic rings. The average Bonchev–Trinajstić information content (AvgIpc) is 2.07. The van der Waals surface area contributed by atoms with Crippen LogP contribution in [0.1, 0.15) is 26.2 Å². The van der Waals surface area contributed by atoms with Crippen molar-refractivity contribution in [1.82, 2.24) is 5.32 Å². The van der Waals surface area contributed by atoms with Gasteiger partial charge in [-0.2, -0.15) is 0 Å². The number of nitrogens with two attached hydrogens (primary N) is 1. The first-order chi connectivity index (χ1) is 5.75. The highest BCUT2D eigenvalue weighted by Crippen LogP contribution is 2.22. The smallest absolute Gasteiger partial charge is 0.220 e. The fourth-order valence-electron chi connectivity index (χ4n) is 1.99. The van der Waals surface area contributed by atoms with Gasteiger partial charge in [0, 0.05) is 5.92 Å². The lowest BCUT2D eigenvalue weighted by Gasteiger charge is -2.27. The Morgan fingerprint density at radius 3 is 2.92 bits per heavy atom. The fraction of sp³-hybridized carbons (Fsp3) is 0.889. The Bertz CT molecular complexity index is 153. The summed E-state index contributed by atoms with van der Waals surface area (Å²) in [6.07, 6.45) is 3.20. The van der Waals surface area contributed by atoms with Crippen LogP contribution in [0.2, 0.25) is 0 Å². The van der Waals surface area contributed by atoms with Crippen LogP contribution in [0.5, 0.6) is 0 Å². The maximum atomic E-state index is 11.0. The molecule has 0 saturated carbocycles. The van der Waals surface area contributed by atoms with Crippen LogP contribution in [0, 0.1) is 11.8 Å². The number of primary amides is 1. The average molecular weight is 170 g/mol. The first-order valence-corrected chi connectivity index (χ1v) is 4.75. The zero-order valence-electron chi connectivity index (χ0n) is 7.68. The molecule has 1 saturated heterocycles. The molecule has 3 nitrogen and oxygen atoms in total. The number of carbonyl (C=O) groups excluding carboxylic acids is 1. The lowest BCUT2D eigenvalue weighted by atomic mass is 9.84. The van der Waals surface area contributed by atoms with Gasteiger partial charge < -0.3 is 11.1 Å². The molecule has 0 bridgehead atoms. The SMILES string of the molecule is CCC(C(N)=O)C1CCCNC1. The molecule has 3 heteroatoms. The number of piperidine rings is 1. The molecule has 2 atom stereocenters. The molecule has 3 N–H and O–H groups in total. The van der Waals surface area contributed by atoms with E-state index in [9.17, 15) is 4.79 Å². The lowest BCUT2D eigenvalue weighted by molar-refractivity contribution is -0.123. The second-order valence-electron chi connectivity index (χ2n) is 3.52. The number of nitrogens with one attached hydrogen (secondary N) is 1. The number of hydrogen-bond donors (Lipinski definition) is 2. The lowest BCUT2D eigenvalue weighted by Crippen LogP contribution is -2.39. The second kappa shape index (κ2) is 4.45. The quantitative estimate of drug-likeness (QED) is 0.648. The molecular weight excluding hydrogens is 152 g/mol. The molecule has 1 aliphatic heterocycles. The predicted octanol–water partition coefficient (Wildman–Crippen LogP) is 0.498. The zero-order valence-corrected chi connectivity index (χ0v) is 7.68. The topological polar surface area (TPSA) is 55.1 Å². The molecule has 0 aliphatic carbocycles. The molecule has 1 amide bonds. The van der Waals surface area contributed by atoms with E-state index < -0.39 is 0 Å². The van der Waals surface area contributed by atoms with Crippen molar-refractivity contribution in [2.24, 2.45) is 17.6 Å². The van der Waals surface area contributed by atoms with E-state index in [2.05, 4.69) is 5.32 Å². The van der Waals surface area contributed by atoms with Crippen molar-refractivity contribution in [3.63, 3.8) is 0 Å². The minimum absolute atomic E-state index is 0.0813. The van der Waals surface area contributed by atoms with Crippen LogP contribution < -0.4 is 11.1 Å². The number of hydrogen-bond acceptors (Lipinski definition) is 2. The Morgan fingerprint density at radius 1 is 1.75 bits per heavy atom. The summed E-state index contributed by atoms with van der Waals surface area (Å²) in [6, 6.07) is 0. The van der Waals surface area contributed by atoms with E-state index in [0.29, 0.717) is 5.92 Å². The number of amides is 1. The normalized spacial score (nSPS) is 26.6. The van der Waals surface area contributed by atoms with Crippen molar-refractivity contribution in [3.8, 4) is 0 Å². The Morgan fingerprint density at radius 2 is 2.50 bits per heavy atom. The van der Waals surface area contributed by atoms with Crippen molar-refractivity contribution < 1.29 is 4.79 Å². The molecular formula is C9H18N2O. The van der Waals surface area contributed by atoms with Crippen molar-refractivity contribution in [3.05, 3.63) is 0 Å². The highest BCUT2D eigenvalue weighted by molar-refractivity contribution is 5.76. The van der Waals surface area contributed by atoms with Gasteiger partial charge in [0.15, 0.2) is 0 Å². The van der Waals surface area contributed by atoms with Crippen molar-refractivity contribution >= 4 is 5.91 Å². The van der Waals surface area contributed by atoms with Gasteiger partial charge in [-0.3, -0.25) is 4.79 Å². The van der Waals surface area contributed by atoms with Gasteiger partial charge in [0.25, 0.3) is 0 Å². The molecule has 0 aromatic heterocycles. The van der Waals surface area contributed by atoms with Gasteiger partial charge in [-0.05, 0) is 38.3 Å². The summed E-state index contributed by atoms with van der Waals surface area (Å²) in [5.74, 6) is 0.422. The maximum Gasteiger partial charge on any atom is 0.220 e.